The summed E-state index contributed by atoms with van der Waals surface area (Å²) in [6.45, 7) is 1.81. The summed E-state index contributed by atoms with van der Waals surface area (Å²) in [6.07, 6.45) is -1.90. The lowest BCUT2D eigenvalue weighted by atomic mass is 10.0. The number of carbonyl (C=O) groups excluding carboxylic acids is 1. The first-order chi connectivity index (χ1) is 7.54. The summed E-state index contributed by atoms with van der Waals surface area (Å²) in [4.78, 5) is 13.0. The van der Waals surface area contributed by atoms with Gasteiger partial charge in [0.25, 0.3) is 6.43 Å². The minimum absolute atomic E-state index is 0.0263. The van der Waals surface area contributed by atoms with Crippen LogP contribution in [0, 0.1) is 5.92 Å². The molecule has 0 spiro atoms. The van der Waals surface area contributed by atoms with E-state index in [2.05, 4.69) is 0 Å². The van der Waals surface area contributed by atoms with Crippen molar-refractivity contribution in [3.63, 3.8) is 0 Å². The molecule has 2 unspecified atom stereocenters. The van der Waals surface area contributed by atoms with E-state index in [1.54, 1.807) is 0 Å². The maximum absolute atomic E-state index is 12.3. The number of ether oxygens (including phenoxy) is 1. The highest BCUT2D eigenvalue weighted by Crippen LogP contribution is 2.21. The van der Waals surface area contributed by atoms with Crippen molar-refractivity contribution in [1.82, 2.24) is 4.90 Å². The number of hydrogen-bond acceptors (Lipinski definition) is 2. The third-order valence-electron chi connectivity index (χ3n) is 2.57. The van der Waals surface area contributed by atoms with Crippen LogP contribution in [0.2, 0.25) is 0 Å². The second-order valence-corrected chi connectivity index (χ2v) is 4.32. The topological polar surface area (TPSA) is 29.5 Å². The lowest BCUT2D eigenvalue weighted by molar-refractivity contribution is -0.137. The SMILES string of the molecule is CC1CC(C(=O)N(CCCl)CC(F)F)CO1. The molecule has 2 atom stereocenters. The molecule has 0 aromatic heterocycles. The van der Waals surface area contributed by atoms with Gasteiger partial charge in [0, 0.05) is 12.4 Å². The number of nitrogens with zero attached hydrogens (tertiary/aromatic N) is 1. The summed E-state index contributed by atoms with van der Waals surface area (Å²) < 4.78 is 29.8. The van der Waals surface area contributed by atoms with Crippen LogP contribution in [0.3, 0.4) is 0 Å². The second-order valence-electron chi connectivity index (χ2n) is 3.94. The van der Waals surface area contributed by atoms with Gasteiger partial charge in [0.2, 0.25) is 5.91 Å². The fourth-order valence-corrected chi connectivity index (χ4v) is 2.01. The normalized spacial score (nSPS) is 25.1. The van der Waals surface area contributed by atoms with Crippen LogP contribution in [0.5, 0.6) is 0 Å². The Kier molecular flexibility index (Phi) is 5.41. The fourth-order valence-electron chi connectivity index (χ4n) is 1.81. The highest BCUT2D eigenvalue weighted by molar-refractivity contribution is 6.18. The zero-order valence-corrected chi connectivity index (χ0v) is 9.92. The van der Waals surface area contributed by atoms with Crippen molar-refractivity contribution in [2.75, 3.05) is 25.6 Å². The van der Waals surface area contributed by atoms with Gasteiger partial charge in [0.05, 0.1) is 25.2 Å². The number of amides is 1. The minimum atomic E-state index is -2.52. The molecule has 1 saturated heterocycles. The van der Waals surface area contributed by atoms with E-state index in [-0.39, 0.29) is 30.4 Å². The van der Waals surface area contributed by atoms with Gasteiger partial charge in [-0.25, -0.2) is 8.78 Å². The first-order valence-corrected chi connectivity index (χ1v) is 5.82. The van der Waals surface area contributed by atoms with E-state index in [0.29, 0.717) is 13.0 Å². The zero-order chi connectivity index (χ0) is 12.1. The molecule has 3 nitrogen and oxygen atoms in total. The minimum Gasteiger partial charge on any atom is -0.378 e. The summed E-state index contributed by atoms with van der Waals surface area (Å²) >= 11 is 5.49. The Hall–Kier alpha value is -0.420. The molecule has 1 heterocycles. The van der Waals surface area contributed by atoms with Crippen LogP contribution in [0.1, 0.15) is 13.3 Å². The molecular formula is C10H16ClF2NO2. The van der Waals surface area contributed by atoms with Crippen molar-refractivity contribution < 1.29 is 18.3 Å². The number of hydrogen-bond donors (Lipinski definition) is 0. The van der Waals surface area contributed by atoms with Gasteiger partial charge in [-0.2, -0.15) is 0 Å². The highest BCUT2D eigenvalue weighted by atomic mass is 35.5. The van der Waals surface area contributed by atoms with Crippen molar-refractivity contribution >= 4 is 17.5 Å². The molecule has 0 radical (unpaired) electrons. The van der Waals surface area contributed by atoms with Crippen LogP contribution < -0.4 is 0 Å². The Morgan fingerprint density at radius 3 is 2.75 bits per heavy atom. The standard InChI is InChI=1S/C10H16ClF2NO2/c1-7-4-8(6-16-7)10(15)14(3-2-11)5-9(12)13/h7-9H,2-6H2,1H3. The molecule has 6 heteroatoms. The lowest BCUT2D eigenvalue weighted by Gasteiger charge is -2.23. The third kappa shape index (κ3) is 3.87. The van der Waals surface area contributed by atoms with Crippen molar-refractivity contribution in [2.45, 2.75) is 25.9 Å². The summed E-state index contributed by atoms with van der Waals surface area (Å²) in [5.74, 6) is -0.399. The Morgan fingerprint density at radius 1 is 1.62 bits per heavy atom. The number of alkyl halides is 3. The first-order valence-electron chi connectivity index (χ1n) is 5.29. The highest BCUT2D eigenvalue weighted by Gasteiger charge is 2.32. The predicted molar refractivity (Wildman–Crippen MR) is 56.8 cm³/mol. The fraction of sp³-hybridized carbons (Fsp3) is 0.900. The molecule has 1 amide bonds. The quantitative estimate of drug-likeness (QED) is 0.701. The zero-order valence-electron chi connectivity index (χ0n) is 9.17. The maximum atomic E-state index is 12.3. The lowest BCUT2D eigenvalue weighted by Crippen LogP contribution is -2.40. The molecule has 94 valence electrons. The van der Waals surface area contributed by atoms with E-state index in [4.69, 9.17) is 16.3 Å². The van der Waals surface area contributed by atoms with Crippen LogP contribution in [-0.2, 0) is 9.53 Å². The van der Waals surface area contributed by atoms with Gasteiger partial charge in [0.15, 0.2) is 0 Å². The van der Waals surface area contributed by atoms with Crippen LogP contribution in [0.15, 0.2) is 0 Å². The molecule has 0 bridgehead atoms. The Balaban J connectivity index is 2.52. The van der Waals surface area contributed by atoms with Crippen LogP contribution in [0.4, 0.5) is 8.78 Å². The number of halogens is 3. The molecule has 1 fully saturated rings. The molecular weight excluding hydrogens is 240 g/mol. The molecule has 0 aromatic carbocycles. The molecule has 16 heavy (non-hydrogen) atoms. The summed E-state index contributed by atoms with van der Waals surface area (Å²) in [6, 6.07) is 0. The molecule has 1 rings (SSSR count). The average Bonchev–Trinajstić information content (AvgIpc) is 2.62. The molecule has 1 aliphatic rings. The van der Waals surface area contributed by atoms with E-state index in [9.17, 15) is 13.6 Å². The monoisotopic (exact) mass is 255 g/mol. The van der Waals surface area contributed by atoms with Gasteiger partial charge in [-0.15, -0.1) is 11.6 Å². The Bertz CT molecular complexity index is 241. The largest absolute Gasteiger partial charge is 0.378 e. The summed E-state index contributed by atoms with van der Waals surface area (Å²) in [7, 11) is 0. The first kappa shape index (κ1) is 13.6. The van der Waals surface area contributed by atoms with E-state index >= 15 is 0 Å². The van der Waals surface area contributed by atoms with Gasteiger partial charge in [0.1, 0.15) is 0 Å². The Labute approximate surface area is 98.7 Å². The van der Waals surface area contributed by atoms with Gasteiger partial charge >= 0.3 is 0 Å². The molecule has 0 N–H and O–H groups in total. The predicted octanol–water partition coefficient (Wildman–Crippen LogP) is 1.74. The molecule has 0 aromatic rings. The van der Waals surface area contributed by atoms with Crippen molar-refractivity contribution in [3.8, 4) is 0 Å². The van der Waals surface area contributed by atoms with Gasteiger partial charge in [-0.1, -0.05) is 0 Å². The van der Waals surface area contributed by atoms with Crippen molar-refractivity contribution in [1.29, 1.82) is 0 Å². The Morgan fingerprint density at radius 2 is 2.31 bits per heavy atom. The average molecular weight is 256 g/mol. The van der Waals surface area contributed by atoms with Gasteiger partial charge < -0.3 is 9.64 Å². The maximum Gasteiger partial charge on any atom is 0.255 e. The third-order valence-corrected chi connectivity index (χ3v) is 2.74. The van der Waals surface area contributed by atoms with E-state index in [1.807, 2.05) is 6.92 Å². The number of carbonyl (C=O) groups is 1. The van der Waals surface area contributed by atoms with Crippen molar-refractivity contribution in [3.05, 3.63) is 0 Å². The van der Waals surface area contributed by atoms with Crippen LogP contribution in [-0.4, -0.2) is 48.9 Å². The smallest absolute Gasteiger partial charge is 0.255 e. The molecule has 0 saturated carbocycles. The van der Waals surface area contributed by atoms with Crippen LogP contribution >= 0.6 is 11.6 Å². The van der Waals surface area contributed by atoms with E-state index in [0.717, 1.165) is 4.90 Å². The van der Waals surface area contributed by atoms with E-state index in [1.165, 1.54) is 0 Å². The van der Waals surface area contributed by atoms with Gasteiger partial charge in [-0.05, 0) is 13.3 Å². The van der Waals surface area contributed by atoms with Gasteiger partial charge in [-0.3, -0.25) is 4.79 Å². The number of rotatable bonds is 5. The summed E-state index contributed by atoms with van der Waals surface area (Å²) in [5.41, 5.74) is 0. The summed E-state index contributed by atoms with van der Waals surface area (Å²) in [5, 5.41) is 0. The van der Waals surface area contributed by atoms with Crippen molar-refractivity contribution in [2.24, 2.45) is 5.92 Å². The molecule has 1 aliphatic heterocycles. The second kappa shape index (κ2) is 6.35. The van der Waals surface area contributed by atoms with Crippen LogP contribution in [0.25, 0.3) is 0 Å². The molecule has 0 aliphatic carbocycles. The van der Waals surface area contributed by atoms with E-state index < -0.39 is 13.0 Å².